The molecule has 0 radical (unpaired) electrons. The Morgan fingerprint density at radius 1 is 1.39 bits per heavy atom. The van der Waals surface area contributed by atoms with E-state index in [4.69, 9.17) is 5.26 Å². The van der Waals surface area contributed by atoms with Crippen LogP contribution in [0, 0.1) is 17.2 Å². The molecule has 0 aromatic rings. The van der Waals surface area contributed by atoms with Crippen LogP contribution in [0.1, 0.15) is 48.0 Å². The fourth-order valence-corrected chi connectivity index (χ4v) is 1.65. The van der Waals surface area contributed by atoms with Crippen molar-refractivity contribution in [3.63, 3.8) is 0 Å². The van der Waals surface area contributed by atoms with Gasteiger partial charge in [-0.25, -0.2) is 0 Å². The van der Waals surface area contributed by atoms with Crippen molar-refractivity contribution in [3.05, 3.63) is 0 Å². The summed E-state index contributed by atoms with van der Waals surface area (Å²) in [5.41, 5.74) is -0.175. The second-order valence-corrected chi connectivity index (χ2v) is 5.52. The normalized spacial score (nSPS) is 15.0. The molecular weight excluding hydrogens is 226 g/mol. The highest BCUT2D eigenvalue weighted by atomic mass is 16.2. The number of nitrogens with one attached hydrogen (secondary N) is 1. The Hall–Kier alpha value is -1.08. The maximum Gasteiger partial charge on any atom is 0.237 e. The first kappa shape index (κ1) is 16.9. The van der Waals surface area contributed by atoms with Crippen LogP contribution in [0.4, 0.5) is 0 Å². The number of rotatable bonds is 7. The molecule has 0 aliphatic heterocycles. The maximum absolute atomic E-state index is 12.2. The predicted octanol–water partition coefficient (Wildman–Crippen LogP) is 2.16. The van der Waals surface area contributed by atoms with Gasteiger partial charge in [0.2, 0.25) is 5.91 Å². The van der Waals surface area contributed by atoms with Crippen LogP contribution in [0.5, 0.6) is 0 Å². The van der Waals surface area contributed by atoms with Crippen molar-refractivity contribution in [1.29, 1.82) is 5.26 Å². The van der Waals surface area contributed by atoms with Crippen molar-refractivity contribution >= 4 is 5.91 Å². The summed E-state index contributed by atoms with van der Waals surface area (Å²) in [6, 6.07) is 2.01. The molecule has 0 aliphatic rings. The van der Waals surface area contributed by atoms with Gasteiger partial charge in [-0.3, -0.25) is 9.69 Å². The third-order valence-electron chi connectivity index (χ3n) is 3.41. The molecule has 0 aromatic heterocycles. The maximum atomic E-state index is 12.2. The van der Waals surface area contributed by atoms with Crippen molar-refractivity contribution in [2.75, 3.05) is 13.1 Å². The molecule has 0 saturated heterocycles. The summed E-state index contributed by atoms with van der Waals surface area (Å²) in [6.45, 7) is 13.3. The van der Waals surface area contributed by atoms with E-state index in [9.17, 15) is 4.79 Å². The fourth-order valence-electron chi connectivity index (χ4n) is 1.65. The van der Waals surface area contributed by atoms with E-state index in [0.29, 0.717) is 6.54 Å². The topological polar surface area (TPSA) is 56.1 Å². The lowest BCUT2D eigenvalue weighted by atomic mass is 10.0. The number of amides is 1. The summed E-state index contributed by atoms with van der Waals surface area (Å²) < 4.78 is 0. The van der Waals surface area contributed by atoms with Crippen molar-refractivity contribution < 1.29 is 4.79 Å². The van der Waals surface area contributed by atoms with Gasteiger partial charge >= 0.3 is 0 Å². The fraction of sp³-hybridized carbons (Fsp3) is 0.857. The Morgan fingerprint density at radius 2 is 1.94 bits per heavy atom. The predicted molar refractivity (Wildman–Crippen MR) is 74.0 cm³/mol. The monoisotopic (exact) mass is 253 g/mol. The molecule has 0 rings (SSSR count). The molecule has 0 aromatic carbocycles. The third-order valence-corrected chi connectivity index (χ3v) is 3.41. The van der Waals surface area contributed by atoms with Crippen LogP contribution in [0.3, 0.4) is 0 Å². The van der Waals surface area contributed by atoms with Crippen LogP contribution in [-0.4, -0.2) is 35.5 Å². The summed E-state index contributed by atoms with van der Waals surface area (Å²) in [4.78, 5) is 14.2. The summed E-state index contributed by atoms with van der Waals surface area (Å²) in [7, 11) is 0. The SMILES string of the molecule is CCN(CC(C)C#N)C(C)C(=O)NC(C)(C)CC. The lowest BCUT2D eigenvalue weighted by molar-refractivity contribution is -0.127. The van der Waals surface area contributed by atoms with Gasteiger partial charge in [0.1, 0.15) is 0 Å². The van der Waals surface area contributed by atoms with Gasteiger partial charge in [0.15, 0.2) is 0 Å². The number of carbonyl (C=O) groups excluding carboxylic acids is 1. The zero-order valence-electron chi connectivity index (χ0n) is 12.6. The molecule has 0 bridgehead atoms. The molecule has 1 N–H and O–H groups in total. The molecule has 104 valence electrons. The average molecular weight is 253 g/mol. The highest BCUT2D eigenvalue weighted by molar-refractivity contribution is 5.82. The minimum Gasteiger partial charge on any atom is -0.350 e. The van der Waals surface area contributed by atoms with E-state index < -0.39 is 0 Å². The van der Waals surface area contributed by atoms with Crippen LogP contribution in [0.15, 0.2) is 0 Å². The Kier molecular flexibility index (Phi) is 6.93. The summed E-state index contributed by atoms with van der Waals surface area (Å²) in [5, 5.41) is 11.9. The first-order valence-electron chi connectivity index (χ1n) is 6.73. The van der Waals surface area contributed by atoms with Gasteiger partial charge in [-0.15, -0.1) is 0 Å². The molecule has 4 nitrogen and oxygen atoms in total. The van der Waals surface area contributed by atoms with Crippen molar-refractivity contribution in [2.24, 2.45) is 5.92 Å². The van der Waals surface area contributed by atoms with E-state index in [1.165, 1.54) is 0 Å². The van der Waals surface area contributed by atoms with Gasteiger partial charge in [0.25, 0.3) is 0 Å². The molecule has 0 heterocycles. The van der Waals surface area contributed by atoms with Crippen LogP contribution >= 0.6 is 0 Å². The Balaban J connectivity index is 4.55. The lowest BCUT2D eigenvalue weighted by Gasteiger charge is -2.32. The third kappa shape index (κ3) is 5.50. The van der Waals surface area contributed by atoms with Gasteiger partial charge < -0.3 is 5.32 Å². The average Bonchev–Trinajstić information content (AvgIpc) is 2.34. The van der Waals surface area contributed by atoms with Crippen molar-refractivity contribution in [1.82, 2.24) is 10.2 Å². The minimum atomic E-state index is -0.198. The van der Waals surface area contributed by atoms with Gasteiger partial charge in [-0.2, -0.15) is 5.26 Å². The highest BCUT2D eigenvalue weighted by Gasteiger charge is 2.25. The lowest BCUT2D eigenvalue weighted by Crippen LogP contribution is -2.52. The second kappa shape index (κ2) is 7.38. The smallest absolute Gasteiger partial charge is 0.237 e. The second-order valence-electron chi connectivity index (χ2n) is 5.52. The molecule has 0 spiro atoms. The van der Waals surface area contributed by atoms with E-state index in [2.05, 4.69) is 18.3 Å². The molecule has 18 heavy (non-hydrogen) atoms. The molecule has 0 saturated carbocycles. The number of hydrogen-bond donors (Lipinski definition) is 1. The quantitative estimate of drug-likeness (QED) is 0.756. The molecule has 1 amide bonds. The van der Waals surface area contributed by atoms with Crippen molar-refractivity contribution in [2.45, 2.75) is 59.5 Å². The zero-order chi connectivity index (χ0) is 14.3. The van der Waals surface area contributed by atoms with Gasteiger partial charge in [0, 0.05) is 12.1 Å². The Bertz CT molecular complexity index is 307. The summed E-state index contributed by atoms with van der Waals surface area (Å²) in [6.07, 6.45) is 0.895. The number of carbonyl (C=O) groups is 1. The van der Waals surface area contributed by atoms with Gasteiger partial charge in [0.05, 0.1) is 18.0 Å². The van der Waals surface area contributed by atoms with E-state index in [-0.39, 0.29) is 23.4 Å². The number of likely N-dealkylation sites (N-methyl/N-ethyl adjacent to an activating group) is 1. The summed E-state index contributed by atoms with van der Waals surface area (Å²) in [5.74, 6) is -0.0202. The first-order valence-corrected chi connectivity index (χ1v) is 6.73. The molecule has 0 aliphatic carbocycles. The Morgan fingerprint density at radius 3 is 2.33 bits per heavy atom. The highest BCUT2D eigenvalue weighted by Crippen LogP contribution is 2.10. The molecule has 2 unspecified atom stereocenters. The molecule has 4 heteroatoms. The van der Waals surface area contributed by atoms with Crippen molar-refractivity contribution in [3.8, 4) is 6.07 Å². The first-order chi connectivity index (χ1) is 8.27. The van der Waals surface area contributed by atoms with Gasteiger partial charge in [-0.1, -0.05) is 13.8 Å². The van der Waals surface area contributed by atoms with E-state index in [1.807, 2.05) is 39.5 Å². The standard InChI is InChI=1S/C14H27N3O/c1-7-14(5,6)16-13(18)12(4)17(8-2)10-11(3)9-15/h11-12H,7-8,10H2,1-6H3,(H,16,18). The molecule has 2 atom stereocenters. The summed E-state index contributed by atoms with van der Waals surface area (Å²) >= 11 is 0. The van der Waals surface area contributed by atoms with Crippen LogP contribution in [0.25, 0.3) is 0 Å². The van der Waals surface area contributed by atoms with Crippen LogP contribution in [0.2, 0.25) is 0 Å². The number of nitriles is 1. The number of nitrogens with zero attached hydrogens (tertiary/aromatic N) is 2. The Labute approximate surface area is 111 Å². The van der Waals surface area contributed by atoms with Crippen LogP contribution < -0.4 is 5.32 Å². The number of hydrogen-bond acceptors (Lipinski definition) is 3. The molecular formula is C14H27N3O. The minimum absolute atomic E-state index is 0.0360. The van der Waals surface area contributed by atoms with E-state index in [1.54, 1.807) is 0 Å². The van der Waals surface area contributed by atoms with Gasteiger partial charge in [-0.05, 0) is 40.7 Å². The molecule has 0 fully saturated rings. The van der Waals surface area contributed by atoms with E-state index in [0.717, 1.165) is 13.0 Å². The zero-order valence-corrected chi connectivity index (χ0v) is 12.6. The largest absolute Gasteiger partial charge is 0.350 e. The van der Waals surface area contributed by atoms with E-state index >= 15 is 0 Å². The van der Waals surface area contributed by atoms with Crippen LogP contribution in [-0.2, 0) is 4.79 Å².